The van der Waals surface area contributed by atoms with Crippen LogP contribution in [0.5, 0.6) is 17.2 Å². The molecule has 0 aliphatic carbocycles. The molecule has 188 valence electrons. The quantitative estimate of drug-likeness (QED) is 0.433. The van der Waals surface area contributed by atoms with E-state index in [2.05, 4.69) is 10.6 Å². The number of phenols is 1. The summed E-state index contributed by atoms with van der Waals surface area (Å²) >= 11 is 0. The highest BCUT2D eigenvalue weighted by atomic mass is 16.5. The van der Waals surface area contributed by atoms with Gasteiger partial charge in [-0.15, -0.1) is 0 Å². The van der Waals surface area contributed by atoms with E-state index in [0.29, 0.717) is 35.6 Å². The van der Waals surface area contributed by atoms with E-state index in [1.54, 1.807) is 38.5 Å². The first kappa shape index (κ1) is 25.1. The number of carbonyl (C=O) groups excluding carboxylic acids is 2. The van der Waals surface area contributed by atoms with Crippen LogP contribution < -0.4 is 20.1 Å². The predicted octanol–water partition coefficient (Wildman–Crippen LogP) is 3.78. The van der Waals surface area contributed by atoms with E-state index in [4.69, 9.17) is 14.2 Å². The van der Waals surface area contributed by atoms with Crippen molar-refractivity contribution in [2.75, 3.05) is 27.3 Å². The lowest BCUT2D eigenvalue weighted by Gasteiger charge is -2.26. The zero-order valence-corrected chi connectivity index (χ0v) is 20.3. The monoisotopic (exact) mass is 490 g/mol. The Balaban J connectivity index is 1.44. The molecule has 1 aliphatic heterocycles. The minimum absolute atomic E-state index is 0.0895. The third kappa shape index (κ3) is 5.95. The van der Waals surface area contributed by atoms with Crippen LogP contribution in [0.2, 0.25) is 0 Å². The molecule has 3 aromatic carbocycles. The molecule has 1 amide bonds. The first-order valence-corrected chi connectivity index (χ1v) is 11.8. The average Bonchev–Trinajstić information content (AvgIpc) is 3.13. The van der Waals surface area contributed by atoms with E-state index in [-0.39, 0.29) is 17.7 Å². The van der Waals surface area contributed by atoms with Crippen LogP contribution in [0.25, 0.3) is 11.1 Å². The molecule has 0 aromatic heterocycles. The van der Waals surface area contributed by atoms with Gasteiger partial charge in [-0.05, 0) is 79.0 Å². The van der Waals surface area contributed by atoms with Gasteiger partial charge in [0, 0.05) is 12.1 Å². The van der Waals surface area contributed by atoms with Crippen molar-refractivity contribution in [2.45, 2.75) is 25.0 Å². The van der Waals surface area contributed by atoms with Gasteiger partial charge < -0.3 is 30.0 Å². The number of esters is 1. The van der Waals surface area contributed by atoms with Gasteiger partial charge in [0.2, 0.25) is 0 Å². The number of amides is 1. The summed E-state index contributed by atoms with van der Waals surface area (Å²) in [5.41, 5.74) is 2.71. The Hall–Kier alpha value is -4.04. The number of benzene rings is 3. The van der Waals surface area contributed by atoms with Crippen LogP contribution in [0.15, 0.2) is 66.7 Å². The first-order chi connectivity index (χ1) is 17.5. The third-order valence-electron chi connectivity index (χ3n) is 6.20. The highest BCUT2D eigenvalue weighted by Crippen LogP contribution is 2.32. The summed E-state index contributed by atoms with van der Waals surface area (Å²) in [6.45, 7) is 1.26. The highest BCUT2D eigenvalue weighted by molar-refractivity contribution is 5.94. The van der Waals surface area contributed by atoms with Crippen LogP contribution >= 0.6 is 0 Å². The van der Waals surface area contributed by atoms with Crippen molar-refractivity contribution in [1.29, 1.82) is 0 Å². The smallest absolute Gasteiger partial charge is 0.338 e. The maximum absolute atomic E-state index is 13.0. The number of phenolic OH excluding ortho intramolecular Hbond substituents is 1. The molecule has 2 atom stereocenters. The summed E-state index contributed by atoms with van der Waals surface area (Å²) in [6, 6.07) is 18.5. The van der Waals surface area contributed by atoms with Gasteiger partial charge in [-0.2, -0.15) is 0 Å². The second kappa shape index (κ2) is 11.6. The average molecular weight is 491 g/mol. The summed E-state index contributed by atoms with van der Waals surface area (Å²) in [6.07, 6.45) is 0.976. The van der Waals surface area contributed by atoms with E-state index in [1.807, 2.05) is 30.3 Å². The van der Waals surface area contributed by atoms with Gasteiger partial charge in [-0.1, -0.05) is 18.2 Å². The lowest BCUT2D eigenvalue weighted by molar-refractivity contribution is 0.0192. The van der Waals surface area contributed by atoms with Crippen molar-refractivity contribution in [3.8, 4) is 28.4 Å². The Morgan fingerprint density at radius 3 is 2.25 bits per heavy atom. The molecule has 1 heterocycles. The number of aromatic hydroxyl groups is 1. The molecule has 8 nitrogen and oxygen atoms in total. The van der Waals surface area contributed by atoms with Crippen molar-refractivity contribution < 1.29 is 28.9 Å². The fourth-order valence-corrected chi connectivity index (χ4v) is 4.19. The van der Waals surface area contributed by atoms with Crippen LogP contribution in [-0.4, -0.2) is 56.4 Å². The topological polar surface area (TPSA) is 106 Å². The standard InChI is InChI=1S/C28H30N2O6/c1-34-25-14-11-21(16-26(25)35-2)18-5-7-20(8-6-18)28(33)36-24-4-3-15-29-17-23(24)30-27(32)19-9-12-22(31)13-10-19/h5-14,16,23-24,29,31H,3-4,15,17H2,1-2H3,(H,30,32)/t23-,24-/m1/s1. The largest absolute Gasteiger partial charge is 0.508 e. The highest BCUT2D eigenvalue weighted by Gasteiger charge is 2.29. The molecule has 8 heteroatoms. The summed E-state index contributed by atoms with van der Waals surface area (Å²) < 4.78 is 16.5. The molecule has 4 rings (SSSR count). The van der Waals surface area contributed by atoms with Crippen LogP contribution in [0.3, 0.4) is 0 Å². The molecule has 0 radical (unpaired) electrons. The Kier molecular flexibility index (Phi) is 8.07. The second-order valence-electron chi connectivity index (χ2n) is 8.56. The van der Waals surface area contributed by atoms with Crippen LogP contribution in [0.4, 0.5) is 0 Å². The van der Waals surface area contributed by atoms with Gasteiger partial charge in [0.25, 0.3) is 5.91 Å². The normalized spacial score (nSPS) is 17.5. The van der Waals surface area contributed by atoms with E-state index < -0.39 is 12.1 Å². The molecule has 1 aliphatic rings. The molecule has 1 fully saturated rings. The van der Waals surface area contributed by atoms with Gasteiger partial charge in [0.05, 0.1) is 25.8 Å². The molecular formula is C28H30N2O6. The Bertz CT molecular complexity index is 1190. The lowest BCUT2D eigenvalue weighted by atomic mass is 10.0. The Morgan fingerprint density at radius 1 is 0.889 bits per heavy atom. The van der Waals surface area contributed by atoms with Gasteiger partial charge in [0.15, 0.2) is 11.5 Å². The maximum atomic E-state index is 13.0. The van der Waals surface area contributed by atoms with Crippen molar-refractivity contribution in [3.05, 3.63) is 77.9 Å². The minimum atomic E-state index is -0.473. The van der Waals surface area contributed by atoms with Gasteiger partial charge in [-0.3, -0.25) is 4.79 Å². The molecule has 1 saturated heterocycles. The SMILES string of the molecule is COc1ccc(-c2ccc(C(=O)O[C@@H]3CCCNC[C@H]3NC(=O)c3ccc(O)cc3)cc2)cc1OC. The second-order valence-corrected chi connectivity index (χ2v) is 8.56. The Morgan fingerprint density at radius 2 is 1.56 bits per heavy atom. The fourth-order valence-electron chi connectivity index (χ4n) is 4.19. The summed E-state index contributed by atoms with van der Waals surface area (Å²) in [5, 5.41) is 15.7. The van der Waals surface area contributed by atoms with Gasteiger partial charge in [-0.25, -0.2) is 4.79 Å². The molecule has 0 saturated carbocycles. The molecular weight excluding hydrogens is 460 g/mol. The predicted molar refractivity (Wildman–Crippen MR) is 136 cm³/mol. The zero-order chi connectivity index (χ0) is 25.5. The molecule has 0 unspecified atom stereocenters. The number of ether oxygens (including phenoxy) is 3. The van der Waals surface area contributed by atoms with Crippen molar-refractivity contribution in [3.63, 3.8) is 0 Å². The van der Waals surface area contributed by atoms with E-state index in [1.165, 1.54) is 12.1 Å². The summed E-state index contributed by atoms with van der Waals surface area (Å²) in [5.74, 6) is 0.632. The first-order valence-electron chi connectivity index (χ1n) is 11.8. The van der Waals surface area contributed by atoms with E-state index >= 15 is 0 Å². The Labute approximate surface area is 210 Å². The molecule has 0 spiro atoms. The minimum Gasteiger partial charge on any atom is -0.508 e. The number of hydrogen-bond donors (Lipinski definition) is 3. The van der Waals surface area contributed by atoms with E-state index in [9.17, 15) is 14.7 Å². The van der Waals surface area contributed by atoms with Crippen molar-refractivity contribution in [2.24, 2.45) is 0 Å². The maximum Gasteiger partial charge on any atom is 0.338 e. The molecule has 3 N–H and O–H groups in total. The molecule has 0 bridgehead atoms. The summed E-state index contributed by atoms with van der Waals surface area (Å²) in [7, 11) is 3.18. The summed E-state index contributed by atoms with van der Waals surface area (Å²) in [4.78, 5) is 25.7. The van der Waals surface area contributed by atoms with Crippen LogP contribution in [0, 0.1) is 0 Å². The van der Waals surface area contributed by atoms with Gasteiger partial charge in [0.1, 0.15) is 11.9 Å². The molecule has 36 heavy (non-hydrogen) atoms. The fraction of sp³-hybridized carbons (Fsp3) is 0.286. The molecule has 3 aromatic rings. The van der Waals surface area contributed by atoms with Crippen molar-refractivity contribution >= 4 is 11.9 Å². The lowest BCUT2D eigenvalue weighted by Crippen LogP contribution is -2.49. The van der Waals surface area contributed by atoms with Crippen molar-refractivity contribution in [1.82, 2.24) is 10.6 Å². The van der Waals surface area contributed by atoms with Crippen LogP contribution in [-0.2, 0) is 4.74 Å². The number of carbonyl (C=O) groups is 2. The van der Waals surface area contributed by atoms with Crippen LogP contribution in [0.1, 0.15) is 33.6 Å². The van der Waals surface area contributed by atoms with Gasteiger partial charge >= 0.3 is 5.97 Å². The van der Waals surface area contributed by atoms with E-state index in [0.717, 1.165) is 24.1 Å². The third-order valence-corrected chi connectivity index (χ3v) is 6.20. The zero-order valence-electron chi connectivity index (χ0n) is 20.3. The number of methoxy groups -OCH3 is 2. The number of nitrogens with one attached hydrogen (secondary N) is 2. The number of hydrogen-bond acceptors (Lipinski definition) is 7. The number of rotatable bonds is 7.